The van der Waals surface area contributed by atoms with E-state index in [-0.39, 0.29) is 5.91 Å². The molecule has 1 aliphatic heterocycles. The number of likely N-dealkylation sites (N-methyl/N-ethyl adjacent to an activating group) is 1. The van der Waals surface area contributed by atoms with E-state index >= 15 is 0 Å². The Hall–Kier alpha value is -1.92. The number of carbonyl (C=O) groups is 1. The molecule has 0 aromatic heterocycles. The molecule has 0 aliphatic carbocycles. The van der Waals surface area contributed by atoms with E-state index in [1.54, 1.807) is 17.0 Å². The predicted octanol–water partition coefficient (Wildman–Crippen LogP) is 5.18. The van der Waals surface area contributed by atoms with Crippen molar-refractivity contribution in [2.75, 3.05) is 31.1 Å². The van der Waals surface area contributed by atoms with E-state index in [0.717, 1.165) is 30.4 Å². The van der Waals surface area contributed by atoms with Crippen LogP contribution in [0.2, 0.25) is 5.02 Å². The molecule has 1 N–H and O–H groups in total. The van der Waals surface area contributed by atoms with E-state index in [9.17, 15) is 9.90 Å². The minimum Gasteiger partial charge on any atom is -0.372 e. The van der Waals surface area contributed by atoms with Crippen LogP contribution in [0.4, 0.5) is 5.69 Å². The Morgan fingerprint density at radius 3 is 2.47 bits per heavy atom. The number of aliphatic hydroxyl groups is 1. The van der Waals surface area contributed by atoms with Crippen LogP contribution in [0.25, 0.3) is 10.8 Å². The number of nitrogens with zero attached hydrogens (tertiary/aromatic N) is 2. The normalized spacial score (nSPS) is 18.5. The van der Waals surface area contributed by atoms with Gasteiger partial charge in [-0.15, -0.1) is 0 Å². The molecule has 1 amide bonds. The topological polar surface area (TPSA) is 43.8 Å². The molecular weight excluding hydrogens is 464 g/mol. The molecule has 156 valence electrons. The van der Waals surface area contributed by atoms with Crippen LogP contribution >= 0.6 is 27.5 Å². The van der Waals surface area contributed by atoms with Gasteiger partial charge in [-0.3, -0.25) is 4.79 Å². The third kappa shape index (κ3) is 3.44. The zero-order valence-corrected chi connectivity index (χ0v) is 19.4. The maximum absolute atomic E-state index is 13.6. The maximum Gasteiger partial charge on any atom is 0.268 e. The Balaban J connectivity index is 1.83. The number of rotatable bonds is 6. The molecule has 3 aromatic rings. The van der Waals surface area contributed by atoms with Crippen LogP contribution in [0.5, 0.6) is 0 Å². The van der Waals surface area contributed by atoms with Gasteiger partial charge in [0.15, 0.2) is 5.60 Å². The van der Waals surface area contributed by atoms with Crippen molar-refractivity contribution in [2.24, 2.45) is 0 Å². The van der Waals surface area contributed by atoms with E-state index in [1.165, 1.54) is 0 Å². The molecule has 3 aromatic carbocycles. The van der Waals surface area contributed by atoms with Gasteiger partial charge in [0.2, 0.25) is 0 Å². The van der Waals surface area contributed by atoms with Gasteiger partial charge >= 0.3 is 0 Å². The molecule has 6 heteroatoms. The molecule has 0 saturated heterocycles. The van der Waals surface area contributed by atoms with Crippen molar-refractivity contribution < 1.29 is 9.90 Å². The molecular formula is C24H24BrClN2O2. The quantitative estimate of drug-likeness (QED) is 0.521. The smallest absolute Gasteiger partial charge is 0.268 e. The number of amides is 1. The maximum atomic E-state index is 13.6. The van der Waals surface area contributed by atoms with Crippen LogP contribution in [0.1, 0.15) is 25.0 Å². The summed E-state index contributed by atoms with van der Waals surface area (Å²) in [6, 6.07) is 17.1. The lowest BCUT2D eigenvalue weighted by Crippen LogP contribution is -2.44. The summed E-state index contributed by atoms with van der Waals surface area (Å²) in [5.74, 6) is -0.339. The standard InChI is InChI=1S/C24H24BrClN2O2/c1-3-27(4-2)11-12-28-22-15-21(26)20(25)14-19(22)24(30,23(28)29)18-10-9-16-7-5-6-8-17(16)13-18/h5-10,13-15,30H,3-4,11-12H2,1-2H3. The van der Waals surface area contributed by atoms with Crippen LogP contribution in [0.15, 0.2) is 59.1 Å². The largest absolute Gasteiger partial charge is 0.372 e. The van der Waals surface area contributed by atoms with Crippen molar-refractivity contribution in [3.05, 3.63) is 75.2 Å². The first kappa shape index (κ1) is 21.3. The number of anilines is 1. The third-order valence-corrected chi connectivity index (χ3v) is 7.17. The SMILES string of the molecule is CCN(CC)CCN1C(=O)C(O)(c2ccc3ccccc3c2)c2cc(Br)c(Cl)cc21. The minimum absolute atomic E-state index is 0.339. The van der Waals surface area contributed by atoms with Gasteiger partial charge in [-0.2, -0.15) is 0 Å². The Labute approximate surface area is 190 Å². The van der Waals surface area contributed by atoms with Gasteiger partial charge in [-0.05, 0) is 63.6 Å². The predicted molar refractivity (Wildman–Crippen MR) is 126 cm³/mol. The highest BCUT2D eigenvalue weighted by Gasteiger charge is 2.51. The molecule has 0 bridgehead atoms. The number of carbonyl (C=O) groups excluding carboxylic acids is 1. The zero-order chi connectivity index (χ0) is 21.5. The van der Waals surface area contributed by atoms with Crippen molar-refractivity contribution in [3.63, 3.8) is 0 Å². The van der Waals surface area contributed by atoms with Gasteiger partial charge in [0.1, 0.15) is 0 Å². The molecule has 4 nitrogen and oxygen atoms in total. The third-order valence-electron chi connectivity index (χ3n) is 5.98. The molecule has 1 atom stereocenters. The number of hydrogen-bond acceptors (Lipinski definition) is 3. The van der Waals surface area contributed by atoms with Crippen molar-refractivity contribution in [1.29, 1.82) is 0 Å². The van der Waals surface area contributed by atoms with E-state index in [4.69, 9.17) is 11.6 Å². The molecule has 0 saturated carbocycles. The average Bonchev–Trinajstić information content (AvgIpc) is 2.96. The first-order valence-corrected chi connectivity index (χ1v) is 11.3. The summed E-state index contributed by atoms with van der Waals surface area (Å²) >= 11 is 9.82. The van der Waals surface area contributed by atoms with Crippen molar-refractivity contribution >= 4 is 49.9 Å². The highest BCUT2D eigenvalue weighted by molar-refractivity contribution is 9.10. The lowest BCUT2D eigenvalue weighted by molar-refractivity contribution is -0.132. The van der Waals surface area contributed by atoms with Gasteiger partial charge in [0, 0.05) is 23.1 Å². The summed E-state index contributed by atoms with van der Waals surface area (Å²) in [4.78, 5) is 17.6. The number of hydrogen-bond donors (Lipinski definition) is 1. The summed E-state index contributed by atoms with van der Waals surface area (Å²) < 4.78 is 0.653. The molecule has 0 spiro atoms. The summed E-state index contributed by atoms with van der Waals surface area (Å²) in [5, 5.41) is 14.4. The van der Waals surface area contributed by atoms with E-state index in [2.05, 4.69) is 34.7 Å². The van der Waals surface area contributed by atoms with Crippen molar-refractivity contribution in [1.82, 2.24) is 4.90 Å². The average molecular weight is 488 g/mol. The van der Waals surface area contributed by atoms with Gasteiger partial charge < -0.3 is 14.9 Å². The van der Waals surface area contributed by atoms with E-state index in [1.807, 2.05) is 42.5 Å². The molecule has 0 radical (unpaired) electrons. The van der Waals surface area contributed by atoms with Gasteiger partial charge in [-0.1, -0.05) is 61.8 Å². The first-order valence-electron chi connectivity index (χ1n) is 10.2. The van der Waals surface area contributed by atoms with Crippen LogP contribution in [0, 0.1) is 0 Å². The Morgan fingerprint density at radius 2 is 1.77 bits per heavy atom. The van der Waals surface area contributed by atoms with E-state index in [0.29, 0.717) is 32.9 Å². The Kier molecular flexibility index (Phi) is 5.90. The first-order chi connectivity index (χ1) is 14.4. The summed E-state index contributed by atoms with van der Waals surface area (Å²) in [5.41, 5.74) is 0.0251. The van der Waals surface area contributed by atoms with Crippen molar-refractivity contribution in [3.8, 4) is 0 Å². The summed E-state index contributed by atoms with van der Waals surface area (Å²) in [6.07, 6.45) is 0. The number of halogens is 2. The Bertz CT molecular complexity index is 1120. The Morgan fingerprint density at radius 1 is 1.07 bits per heavy atom. The molecule has 0 fully saturated rings. The van der Waals surface area contributed by atoms with Gasteiger partial charge in [-0.25, -0.2) is 0 Å². The van der Waals surface area contributed by atoms with Gasteiger partial charge in [0.05, 0.1) is 10.7 Å². The highest BCUT2D eigenvalue weighted by atomic mass is 79.9. The second-order valence-corrected chi connectivity index (χ2v) is 8.80. The van der Waals surface area contributed by atoms with E-state index < -0.39 is 5.60 Å². The fourth-order valence-corrected chi connectivity index (χ4v) is 4.67. The monoisotopic (exact) mass is 486 g/mol. The zero-order valence-electron chi connectivity index (χ0n) is 17.0. The number of fused-ring (bicyclic) bond motifs is 2. The van der Waals surface area contributed by atoms with Crippen LogP contribution in [-0.4, -0.2) is 42.1 Å². The van der Waals surface area contributed by atoms with Gasteiger partial charge in [0.25, 0.3) is 5.91 Å². The molecule has 1 aliphatic rings. The lowest BCUT2D eigenvalue weighted by Gasteiger charge is -2.26. The second kappa shape index (κ2) is 8.31. The van der Waals surface area contributed by atoms with Crippen LogP contribution < -0.4 is 4.90 Å². The van der Waals surface area contributed by atoms with Crippen LogP contribution in [0.3, 0.4) is 0 Å². The molecule has 30 heavy (non-hydrogen) atoms. The minimum atomic E-state index is -1.75. The van der Waals surface area contributed by atoms with Crippen molar-refractivity contribution in [2.45, 2.75) is 19.4 Å². The molecule has 1 heterocycles. The molecule has 4 rings (SSSR count). The second-order valence-electron chi connectivity index (χ2n) is 7.54. The highest BCUT2D eigenvalue weighted by Crippen LogP contribution is 2.47. The number of benzene rings is 3. The summed E-state index contributed by atoms with van der Waals surface area (Å²) in [6.45, 7) is 7.22. The lowest BCUT2D eigenvalue weighted by atomic mass is 9.86. The molecule has 1 unspecified atom stereocenters. The fraction of sp³-hybridized carbons (Fsp3) is 0.292. The fourth-order valence-electron chi connectivity index (χ4n) is 4.17. The van der Waals surface area contributed by atoms with Crippen LogP contribution in [-0.2, 0) is 10.4 Å². The summed E-state index contributed by atoms with van der Waals surface area (Å²) in [7, 11) is 0.